The van der Waals surface area contributed by atoms with Crippen molar-refractivity contribution in [3.05, 3.63) is 46.3 Å². The van der Waals surface area contributed by atoms with Gasteiger partial charge in [0.15, 0.2) is 0 Å². The number of halogens is 1. The van der Waals surface area contributed by atoms with Crippen LogP contribution < -0.4 is 0 Å². The summed E-state index contributed by atoms with van der Waals surface area (Å²) in [7, 11) is 0. The number of benzene rings is 1. The minimum absolute atomic E-state index is 0.273. The number of aryl methyl sites for hydroxylation is 2. The summed E-state index contributed by atoms with van der Waals surface area (Å²) < 4.78 is 15.1. The highest BCUT2D eigenvalue weighted by Gasteiger charge is 2.22. The lowest BCUT2D eigenvalue weighted by molar-refractivity contribution is 0.220. The third-order valence-electron chi connectivity index (χ3n) is 6.09. The zero-order valence-corrected chi connectivity index (χ0v) is 18.3. The number of piperidine rings is 1. The van der Waals surface area contributed by atoms with E-state index in [0.29, 0.717) is 22.4 Å². The van der Waals surface area contributed by atoms with Crippen LogP contribution in [-0.2, 0) is 0 Å². The Morgan fingerprint density at radius 1 is 1.07 bits per heavy atom. The second-order valence-corrected chi connectivity index (χ2v) is 9.26. The predicted molar refractivity (Wildman–Crippen MR) is 119 cm³/mol. The van der Waals surface area contributed by atoms with Crippen LogP contribution in [0.25, 0.3) is 32.5 Å². The summed E-state index contributed by atoms with van der Waals surface area (Å²) in [4.78, 5) is 12.6. The van der Waals surface area contributed by atoms with Gasteiger partial charge in [0.1, 0.15) is 16.2 Å². The molecule has 1 aliphatic rings. The van der Waals surface area contributed by atoms with Crippen molar-refractivity contribution in [2.45, 2.75) is 39.5 Å². The van der Waals surface area contributed by atoms with Gasteiger partial charge < -0.3 is 4.90 Å². The molecule has 0 spiro atoms. The molecule has 0 atom stereocenters. The molecule has 1 aliphatic heterocycles. The third-order valence-corrected chi connectivity index (χ3v) is 6.95. The molecular formula is C23H24FN5S. The van der Waals surface area contributed by atoms with E-state index in [1.54, 1.807) is 17.4 Å². The summed E-state index contributed by atoms with van der Waals surface area (Å²) in [5, 5.41) is 10.4. The Kier molecular flexibility index (Phi) is 4.95. The molecule has 0 N–H and O–H groups in total. The molecule has 0 bridgehead atoms. The minimum Gasteiger partial charge on any atom is -0.304 e. The first kappa shape index (κ1) is 19.5. The fourth-order valence-electron chi connectivity index (χ4n) is 4.32. The Bertz CT molecular complexity index is 1240. The van der Waals surface area contributed by atoms with E-state index in [4.69, 9.17) is 4.98 Å². The van der Waals surface area contributed by atoms with Crippen LogP contribution in [0.2, 0.25) is 0 Å². The quantitative estimate of drug-likeness (QED) is 0.452. The number of pyridine rings is 1. The van der Waals surface area contributed by atoms with E-state index in [2.05, 4.69) is 27.0 Å². The Hall–Kier alpha value is -2.51. The Morgan fingerprint density at radius 3 is 2.63 bits per heavy atom. The van der Waals surface area contributed by atoms with Crippen molar-refractivity contribution in [2.24, 2.45) is 0 Å². The molecule has 4 aromatic rings. The van der Waals surface area contributed by atoms with Crippen LogP contribution in [0.15, 0.2) is 24.3 Å². The van der Waals surface area contributed by atoms with E-state index < -0.39 is 0 Å². The van der Waals surface area contributed by atoms with Crippen LogP contribution in [0.3, 0.4) is 0 Å². The number of aromatic nitrogens is 4. The fraction of sp³-hybridized carbons (Fsp3) is 0.391. The van der Waals surface area contributed by atoms with E-state index in [-0.39, 0.29) is 5.82 Å². The average molecular weight is 422 g/mol. The molecule has 4 heterocycles. The number of hydrogen-bond donors (Lipinski definition) is 0. The molecule has 3 aromatic heterocycles. The molecule has 154 valence electrons. The van der Waals surface area contributed by atoms with Gasteiger partial charge in [0.2, 0.25) is 0 Å². The molecule has 1 aromatic carbocycles. The van der Waals surface area contributed by atoms with Crippen molar-refractivity contribution in [1.29, 1.82) is 0 Å². The average Bonchev–Trinajstić information content (AvgIpc) is 3.14. The standard InChI is InChI=1S/C23H24FN5S/c1-4-29-7-5-15(6-8-29)20-12-17-18(24)10-16(11-21(17)28-27-20)19-9-13(2)22-23(26-19)30-14(3)25-22/h9-12,15H,4-8H2,1-3H3. The van der Waals surface area contributed by atoms with E-state index >= 15 is 4.39 Å². The van der Waals surface area contributed by atoms with E-state index in [9.17, 15) is 0 Å². The van der Waals surface area contributed by atoms with Crippen LogP contribution in [0.5, 0.6) is 0 Å². The zero-order valence-electron chi connectivity index (χ0n) is 17.4. The van der Waals surface area contributed by atoms with Gasteiger partial charge in [0, 0.05) is 16.9 Å². The van der Waals surface area contributed by atoms with Gasteiger partial charge in [-0.05, 0) is 76.2 Å². The molecule has 0 amide bonds. The van der Waals surface area contributed by atoms with Crippen LogP contribution >= 0.6 is 11.3 Å². The fourth-order valence-corrected chi connectivity index (χ4v) is 5.19. The molecule has 5 rings (SSSR count). The van der Waals surface area contributed by atoms with Crippen LogP contribution in [-0.4, -0.2) is 44.7 Å². The summed E-state index contributed by atoms with van der Waals surface area (Å²) in [5.74, 6) is 0.0785. The molecule has 1 fully saturated rings. The molecule has 7 heteroatoms. The number of rotatable bonds is 3. The smallest absolute Gasteiger partial charge is 0.144 e. The predicted octanol–water partition coefficient (Wildman–Crippen LogP) is 5.26. The Morgan fingerprint density at radius 2 is 1.87 bits per heavy atom. The molecule has 0 aliphatic carbocycles. The van der Waals surface area contributed by atoms with Gasteiger partial charge in [-0.3, -0.25) is 0 Å². The lowest BCUT2D eigenvalue weighted by atomic mass is 9.92. The summed E-state index contributed by atoms with van der Waals surface area (Å²) >= 11 is 1.56. The Balaban J connectivity index is 1.52. The maximum atomic E-state index is 15.1. The molecule has 5 nitrogen and oxygen atoms in total. The SMILES string of the molecule is CCN1CCC(c2cc3c(F)cc(-c4cc(C)c5nc(C)sc5n4)cc3nn2)CC1. The monoisotopic (exact) mass is 421 g/mol. The topological polar surface area (TPSA) is 54.8 Å². The summed E-state index contributed by atoms with van der Waals surface area (Å²) in [6.45, 7) is 9.38. The normalized spacial score (nSPS) is 16.0. The summed E-state index contributed by atoms with van der Waals surface area (Å²) in [5.41, 5.74) is 4.89. The van der Waals surface area contributed by atoms with Gasteiger partial charge in [-0.2, -0.15) is 10.2 Å². The van der Waals surface area contributed by atoms with Crippen LogP contribution in [0.4, 0.5) is 4.39 Å². The van der Waals surface area contributed by atoms with Crippen molar-refractivity contribution in [3.8, 4) is 11.3 Å². The summed E-state index contributed by atoms with van der Waals surface area (Å²) in [6, 6.07) is 7.30. The Labute approximate surface area is 179 Å². The second kappa shape index (κ2) is 7.63. The zero-order chi connectivity index (χ0) is 20.8. The first-order valence-electron chi connectivity index (χ1n) is 10.5. The third kappa shape index (κ3) is 3.46. The molecule has 0 radical (unpaired) electrons. The lowest BCUT2D eigenvalue weighted by Crippen LogP contribution is -2.32. The van der Waals surface area contributed by atoms with Crippen molar-refractivity contribution >= 4 is 32.6 Å². The van der Waals surface area contributed by atoms with Crippen LogP contribution in [0, 0.1) is 19.7 Å². The summed E-state index contributed by atoms with van der Waals surface area (Å²) in [6.07, 6.45) is 2.09. The highest BCUT2D eigenvalue weighted by atomic mass is 32.1. The van der Waals surface area contributed by atoms with Gasteiger partial charge in [-0.1, -0.05) is 18.3 Å². The largest absolute Gasteiger partial charge is 0.304 e. The van der Waals surface area contributed by atoms with Crippen LogP contribution in [0.1, 0.15) is 41.9 Å². The molecular weight excluding hydrogens is 397 g/mol. The van der Waals surface area contributed by atoms with Gasteiger partial charge in [0.05, 0.1) is 21.9 Å². The number of likely N-dealkylation sites (tertiary alicyclic amines) is 1. The van der Waals surface area contributed by atoms with Gasteiger partial charge in [-0.25, -0.2) is 14.4 Å². The molecule has 1 saturated heterocycles. The minimum atomic E-state index is -0.273. The van der Waals surface area contributed by atoms with E-state index in [1.165, 1.54) is 0 Å². The number of nitrogens with zero attached hydrogens (tertiary/aromatic N) is 5. The first-order chi connectivity index (χ1) is 14.5. The maximum absolute atomic E-state index is 15.1. The lowest BCUT2D eigenvalue weighted by Gasteiger charge is -2.30. The number of hydrogen-bond acceptors (Lipinski definition) is 6. The second-order valence-electron chi connectivity index (χ2n) is 8.08. The van der Waals surface area contributed by atoms with Gasteiger partial charge in [0.25, 0.3) is 0 Å². The van der Waals surface area contributed by atoms with Crippen molar-refractivity contribution in [2.75, 3.05) is 19.6 Å². The van der Waals surface area contributed by atoms with Crippen molar-refractivity contribution in [1.82, 2.24) is 25.1 Å². The van der Waals surface area contributed by atoms with Crippen molar-refractivity contribution in [3.63, 3.8) is 0 Å². The highest BCUT2D eigenvalue weighted by Crippen LogP contribution is 2.32. The first-order valence-corrected chi connectivity index (χ1v) is 11.3. The highest BCUT2D eigenvalue weighted by molar-refractivity contribution is 7.18. The number of thiazole rings is 1. The molecule has 0 saturated carbocycles. The number of fused-ring (bicyclic) bond motifs is 2. The van der Waals surface area contributed by atoms with Gasteiger partial charge >= 0.3 is 0 Å². The van der Waals surface area contributed by atoms with Gasteiger partial charge in [-0.15, -0.1) is 0 Å². The van der Waals surface area contributed by atoms with E-state index in [1.807, 2.05) is 32.0 Å². The van der Waals surface area contributed by atoms with Crippen molar-refractivity contribution < 1.29 is 4.39 Å². The van der Waals surface area contributed by atoms with E-state index in [0.717, 1.165) is 64.8 Å². The maximum Gasteiger partial charge on any atom is 0.144 e. The molecule has 0 unspecified atom stereocenters. The molecule has 30 heavy (non-hydrogen) atoms.